The van der Waals surface area contributed by atoms with Crippen LogP contribution in [0.25, 0.3) is 0 Å². The lowest BCUT2D eigenvalue weighted by Gasteiger charge is -2.72. The van der Waals surface area contributed by atoms with Gasteiger partial charge in [0.15, 0.2) is 0 Å². The summed E-state index contributed by atoms with van der Waals surface area (Å²) in [6.07, 6.45) is 11.9. The first-order chi connectivity index (χ1) is 17.6. The number of carbonyl (C=O) groups excluding carboxylic acids is 2. The van der Waals surface area contributed by atoms with Crippen molar-refractivity contribution in [3.63, 3.8) is 0 Å². The molecule has 0 amide bonds. The second-order valence-corrected chi connectivity index (χ2v) is 15.7. The predicted molar refractivity (Wildman–Crippen MR) is 151 cm³/mol. The molecule has 1 unspecified atom stereocenters. The fourth-order valence-corrected chi connectivity index (χ4v) is 11.6. The van der Waals surface area contributed by atoms with Crippen molar-refractivity contribution in [3.05, 3.63) is 11.1 Å². The van der Waals surface area contributed by atoms with Gasteiger partial charge in [0.05, 0.1) is 0 Å². The van der Waals surface area contributed by atoms with Gasteiger partial charge in [0.25, 0.3) is 0 Å². The summed E-state index contributed by atoms with van der Waals surface area (Å²) in [5, 5.41) is 0. The lowest BCUT2D eigenvalue weighted by molar-refractivity contribution is -0.233. The number of esters is 2. The van der Waals surface area contributed by atoms with Crippen LogP contribution >= 0.6 is 0 Å². The van der Waals surface area contributed by atoms with E-state index in [2.05, 4.69) is 48.5 Å². The van der Waals surface area contributed by atoms with Crippen molar-refractivity contribution < 1.29 is 19.1 Å². The van der Waals surface area contributed by atoms with E-state index in [1.165, 1.54) is 38.5 Å². The van der Waals surface area contributed by atoms with Crippen LogP contribution in [0.2, 0.25) is 0 Å². The molecule has 214 valence electrons. The maximum Gasteiger partial charge on any atom is 0.302 e. The van der Waals surface area contributed by atoms with Crippen LogP contribution in [0.3, 0.4) is 0 Å². The minimum Gasteiger partial charge on any atom is -0.465 e. The van der Waals surface area contributed by atoms with E-state index in [1.54, 1.807) is 25.0 Å². The number of fused-ring (bicyclic) bond motifs is 7. The van der Waals surface area contributed by atoms with E-state index in [-0.39, 0.29) is 45.1 Å². The molecule has 0 spiro atoms. The molecule has 0 aromatic rings. The lowest BCUT2D eigenvalue weighted by Crippen LogP contribution is -2.66. The van der Waals surface area contributed by atoms with Gasteiger partial charge in [0.1, 0.15) is 12.7 Å². The van der Waals surface area contributed by atoms with E-state index >= 15 is 0 Å². The molecule has 0 aromatic carbocycles. The molecule has 0 aromatic heterocycles. The normalized spacial score (nSPS) is 45.5. The molecule has 0 radical (unpaired) electrons. The summed E-state index contributed by atoms with van der Waals surface area (Å²) in [5.41, 5.74) is 4.29. The summed E-state index contributed by atoms with van der Waals surface area (Å²) >= 11 is 0. The maximum absolute atomic E-state index is 11.9. The zero-order chi connectivity index (χ0) is 27.9. The summed E-state index contributed by atoms with van der Waals surface area (Å²) in [4.78, 5) is 23.8. The molecule has 8 atom stereocenters. The molecule has 5 rings (SSSR count). The van der Waals surface area contributed by atoms with Crippen LogP contribution in [0.4, 0.5) is 0 Å². The van der Waals surface area contributed by atoms with Gasteiger partial charge in [-0.15, -0.1) is 0 Å². The van der Waals surface area contributed by atoms with Gasteiger partial charge in [-0.1, -0.05) is 59.6 Å². The standard InChI is InChI=1S/C34H54O4/c1-21(2)24-12-17-34(20-37-22(3)35)19-18-32(8)25(29(24)34)10-11-27-31(7)15-14-28(38-23(4)36)30(5,6)26(31)13-16-33(27,32)9/h21,25-28H,10-20H2,1-9H3/t25-,26-,27-,28+,31+,32-,33?,34-/m1/s1. The van der Waals surface area contributed by atoms with Crippen molar-refractivity contribution in [1.29, 1.82) is 0 Å². The van der Waals surface area contributed by atoms with Crippen LogP contribution in [-0.4, -0.2) is 24.6 Å². The van der Waals surface area contributed by atoms with Crippen LogP contribution in [0.1, 0.15) is 127 Å². The van der Waals surface area contributed by atoms with E-state index in [1.807, 2.05) is 0 Å². The third-order valence-corrected chi connectivity index (χ3v) is 13.6. The Morgan fingerprint density at radius 2 is 1.53 bits per heavy atom. The summed E-state index contributed by atoms with van der Waals surface area (Å²) in [6.45, 7) is 21.1. The van der Waals surface area contributed by atoms with Crippen molar-refractivity contribution in [2.45, 2.75) is 133 Å². The van der Waals surface area contributed by atoms with E-state index in [0.29, 0.717) is 30.3 Å². The summed E-state index contributed by atoms with van der Waals surface area (Å²) < 4.78 is 11.7. The molecule has 0 aliphatic heterocycles. The Labute approximate surface area is 232 Å². The highest BCUT2D eigenvalue weighted by Gasteiger charge is 2.69. The van der Waals surface area contributed by atoms with Crippen LogP contribution in [-0.2, 0) is 19.1 Å². The van der Waals surface area contributed by atoms with Crippen LogP contribution in [0, 0.1) is 50.7 Å². The second kappa shape index (κ2) is 9.10. The Morgan fingerprint density at radius 3 is 2.16 bits per heavy atom. The molecule has 4 fully saturated rings. The SMILES string of the molecule is CC(=O)OC[C@]12CCC(C(C)C)=C1[C@H]1CC[C@H]3C(C)(CC[C@@H]4C(C)(C)[C@@H](OC(C)=O)CC[C@@]43C)[C@]1(C)CC2. The van der Waals surface area contributed by atoms with Crippen molar-refractivity contribution >= 4 is 11.9 Å². The number of ether oxygens (including phenoxy) is 2. The molecule has 4 saturated carbocycles. The summed E-state index contributed by atoms with van der Waals surface area (Å²) in [7, 11) is 0. The number of hydrogen-bond acceptors (Lipinski definition) is 4. The monoisotopic (exact) mass is 526 g/mol. The van der Waals surface area contributed by atoms with Gasteiger partial charge < -0.3 is 9.47 Å². The minimum atomic E-state index is -0.140. The fourth-order valence-electron chi connectivity index (χ4n) is 11.6. The van der Waals surface area contributed by atoms with E-state index < -0.39 is 0 Å². The molecule has 0 N–H and O–H groups in total. The Bertz CT molecular complexity index is 1020. The minimum absolute atomic E-state index is 0.00228. The lowest BCUT2D eigenvalue weighted by atomic mass is 9.33. The van der Waals surface area contributed by atoms with Crippen LogP contribution in [0.15, 0.2) is 11.1 Å². The highest BCUT2D eigenvalue weighted by atomic mass is 16.5. The summed E-state index contributed by atoms with van der Waals surface area (Å²) in [5.74, 6) is 2.15. The quantitative estimate of drug-likeness (QED) is 0.273. The molecular weight excluding hydrogens is 472 g/mol. The molecule has 5 aliphatic rings. The Morgan fingerprint density at radius 1 is 0.816 bits per heavy atom. The van der Waals surface area contributed by atoms with Crippen molar-refractivity contribution in [2.24, 2.45) is 50.7 Å². The van der Waals surface area contributed by atoms with Gasteiger partial charge >= 0.3 is 11.9 Å². The smallest absolute Gasteiger partial charge is 0.302 e. The predicted octanol–water partition coefficient (Wildman–Crippen LogP) is 8.28. The van der Waals surface area contributed by atoms with Crippen molar-refractivity contribution in [1.82, 2.24) is 0 Å². The number of allylic oxidation sites excluding steroid dienone is 1. The average Bonchev–Trinajstić information content (AvgIpc) is 3.20. The molecule has 4 nitrogen and oxygen atoms in total. The molecule has 0 saturated heterocycles. The zero-order valence-electron chi connectivity index (χ0n) is 25.8. The first kappa shape index (κ1) is 28.2. The third kappa shape index (κ3) is 3.80. The van der Waals surface area contributed by atoms with Crippen LogP contribution in [0.5, 0.6) is 0 Å². The van der Waals surface area contributed by atoms with Gasteiger partial charge in [-0.05, 0) is 104 Å². The molecule has 38 heavy (non-hydrogen) atoms. The largest absolute Gasteiger partial charge is 0.465 e. The van der Waals surface area contributed by atoms with Gasteiger partial charge in [0, 0.05) is 24.7 Å². The highest BCUT2D eigenvalue weighted by Crippen LogP contribution is 2.76. The second-order valence-electron chi connectivity index (χ2n) is 15.7. The van der Waals surface area contributed by atoms with Crippen LogP contribution < -0.4 is 0 Å². The number of rotatable bonds is 4. The van der Waals surface area contributed by atoms with E-state index in [0.717, 1.165) is 25.7 Å². The van der Waals surface area contributed by atoms with Crippen molar-refractivity contribution in [2.75, 3.05) is 6.61 Å². The van der Waals surface area contributed by atoms with Gasteiger partial charge in [-0.2, -0.15) is 0 Å². The third-order valence-electron chi connectivity index (χ3n) is 13.6. The first-order valence-corrected chi connectivity index (χ1v) is 15.7. The summed E-state index contributed by atoms with van der Waals surface area (Å²) in [6, 6.07) is 0. The molecule has 4 heteroatoms. The Kier molecular flexibility index (Phi) is 6.76. The Balaban J connectivity index is 1.52. The molecule has 0 heterocycles. The molecular formula is C34H54O4. The maximum atomic E-state index is 11.9. The average molecular weight is 527 g/mol. The van der Waals surface area contributed by atoms with E-state index in [4.69, 9.17) is 9.47 Å². The Hall–Kier alpha value is -1.32. The molecule has 5 aliphatic carbocycles. The number of hydrogen-bond donors (Lipinski definition) is 0. The van der Waals surface area contributed by atoms with Gasteiger partial charge in [0.2, 0.25) is 0 Å². The first-order valence-electron chi connectivity index (χ1n) is 15.7. The topological polar surface area (TPSA) is 52.6 Å². The number of carbonyl (C=O) groups is 2. The van der Waals surface area contributed by atoms with E-state index in [9.17, 15) is 9.59 Å². The van der Waals surface area contributed by atoms with Crippen molar-refractivity contribution in [3.8, 4) is 0 Å². The van der Waals surface area contributed by atoms with Gasteiger partial charge in [-0.3, -0.25) is 9.59 Å². The molecule has 0 bridgehead atoms. The highest BCUT2D eigenvalue weighted by molar-refractivity contribution is 5.66. The van der Waals surface area contributed by atoms with Gasteiger partial charge in [-0.25, -0.2) is 0 Å². The fraction of sp³-hybridized carbons (Fsp3) is 0.882. The zero-order valence-corrected chi connectivity index (χ0v) is 25.8.